The van der Waals surface area contributed by atoms with Crippen molar-refractivity contribution in [3.8, 4) is 0 Å². The van der Waals surface area contributed by atoms with E-state index in [1.54, 1.807) is 7.05 Å². The molecule has 1 rings (SSSR count). The number of hydrogen-bond acceptors (Lipinski definition) is 5. The van der Waals surface area contributed by atoms with Gasteiger partial charge in [0.15, 0.2) is 11.6 Å². The Morgan fingerprint density at radius 2 is 2.19 bits per heavy atom. The summed E-state index contributed by atoms with van der Waals surface area (Å²) < 4.78 is 13.4. The van der Waals surface area contributed by atoms with Gasteiger partial charge in [-0.3, -0.25) is 0 Å². The van der Waals surface area contributed by atoms with Crippen LogP contribution in [0.25, 0.3) is 0 Å². The Hall–Kier alpha value is -1.43. The lowest BCUT2D eigenvalue weighted by Crippen LogP contribution is -2.33. The van der Waals surface area contributed by atoms with Crippen molar-refractivity contribution < 1.29 is 9.50 Å². The largest absolute Gasteiger partial charge is 0.396 e. The van der Waals surface area contributed by atoms with Crippen molar-refractivity contribution in [2.75, 3.05) is 24.3 Å². The summed E-state index contributed by atoms with van der Waals surface area (Å²) >= 11 is 0. The molecule has 0 unspecified atom stereocenters. The van der Waals surface area contributed by atoms with Crippen LogP contribution in [0.5, 0.6) is 0 Å². The number of nitrogens with zero attached hydrogens (tertiary/aromatic N) is 2. The Kier molecular flexibility index (Phi) is 4.00. The number of aliphatic hydroxyl groups excluding tert-OH is 1. The van der Waals surface area contributed by atoms with E-state index < -0.39 is 11.4 Å². The van der Waals surface area contributed by atoms with Gasteiger partial charge in [-0.15, -0.1) is 0 Å². The fourth-order valence-corrected chi connectivity index (χ4v) is 1.24. The molecule has 90 valence electrons. The SMILES string of the molecule is CNc1ncc(F)c(NC(C)(C)CCO)n1. The van der Waals surface area contributed by atoms with Crippen LogP contribution in [0.1, 0.15) is 20.3 Å². The predicted octanol–water partition coefficient (Wildman–Crippen LogP) is 1.23. The van der Waals surface area contributed by atoms with E-state index in [1.165, 1.54) is 0 Å². The summed E-state index contributed by atoms with van der Waals surface area (Å²) in [6.07, 6.45) is 1.61. The smallest absolute Gasteiger partial charge is 0.224 e. The van der Waals surface area contributed by atoms with E-state index in [9.17, 15) is 4.39 Å². The number of anilines is 2. The lowest BCUT2D eigenvalue weighted by atomic mass is 10.0. The molecule has 0 aliphatic rings. The molecule has 0 spiro atoms. The second-order valence-electron chi connectivity index (χ2n) is 4.12. The van der Waals surface area contributed by atoms with Crippen molar-refractivity contribution in [3.63, 3.8) is 0 Å². The zero-order chi connectivity index (χ0) is 12.2. The molecule has 1 aromatic heterocycles. The first-order chi connectivity index (χ1) is 7.48. The number of nitrogens with one attached hydrogen (secondary N) is 2. The summed E-state index contributed by atoms with van der Waals surface area (Å²) in [7, 11) is 1.66. The molecule has 5 nitrogen and oxygen atoms in total. The van der Waals surface area contributed by atoms with Gasteiger partial charge in [0.1, 0.15) is 0 Å². The third kappa shape index (κ3) is 3.30. The van der Waals surface area contributed by atoms with Gasteiger partial charge in [-0.25, -0.2) is 9.37 Å². The van der Waals surface area contributed by atoms with E-state index >= 15 is 0 Å². The van der Waals surface area contributed by atoms with Gasteiger partial charge in [-0.1, -0.05) is 0 Å². The van der Waals surface area contributed by atoms with E-state index in [4.69, 9.17) is 5.11 Å². The first-order valence-corrected chi connectivity index (χ1v) is 5.08. The van der Waals surface area contributed by atoms with Crippen molar-refractivity contribution in [2.45, 2.75) is 25.8 Å². The van der Waals surface area contributed by atoms with Gasteiger partial charge in [-0.2, -0.15) is 4.98 Å². The molecule has 6 heteroatoms. The highest BCUT2D eigenvalue weighted by Crippen LogP contribution is 2.19. The molecule has 0 atom stereocenters. The highest BCUT2D eigenvalue weighted by Gasteiger charge is 2.19. The fraction of sp³-hybridized carbons (Fsp3) is 0.600. The Bertz CT molecular complexity index is 357. The van der Waals surface area contributed by atoms with Crippen molar-refractivity contribution in [2.24, 2.45) is 0 Å². The monoisotopic (exact) mass is 228 g/mol. The Balaban J connectivity index is 2.87. The van der Waals surface area contributed by atoms with Crippen LogP contribution in [0.15, 0.2) is 6.20 Å². The molecule has 0 amide bonds. The molecule has 1 heterocycles. The van der Waals surface area contributed by atoms with E-state index in [1.807, 2.05) is 13.8 Å². The number of hydrogen-bond donors (Lipinski definition) is 3. The lowest BCUT2D eigenvalue weighted by molar-refractivity contribution is 0.260. The van der Waals surface area contributed by atoms with Gasteiger partial charge in [0, 0.05) is 19.2 Å². The maximum absolute atomic E-state index is 13.4. The number of aromatic nitrogens is 2. The summed E-state index contributed by atoms with van der Waals surface area (Å²) in [6.45, 7) is 3.76. The fourth-order valence-electron chi connectivity index (χ4n) is 1.24. The molecular formula is C10H17FN4O. The third-order valence-electron chi connectivity index (χ3n) is 2.16. The van der Waals surface area contributed by atoms with Crippen LogP contribution in [-0.4, -0.2) is 34.3 Å². The Morgan fingerprint density at radius 3 is 2.75 bits per heavy atom. The molecular weight excluding hydrogens is 211 g/mol. The van der Waals surface area contributed by atoms with E-state index in [0.717, 1.165) is 6.20 Å². The summed E-state index contributed by atoms with van der Waals surface area (Å²) in [5, 5.41) is 14.5. The van der Waals surface area contributed by atoms with Gasteiger partial charge in [0.2, 0.25) is 5.95 Å². The summed E-state index contributed by atoms with van der Waals surface area (Å²) in [5.41, 5.74) is -0.422. The maximum atomic E-state index is 13.4. The van der Waals surface area contributed by atoms with Crippen LogP contribution >= 0.6 is 0 Å². The second kappa shape index (κ2) is 5.07. The van der Waals surface area contributed by atoms with Crippen LogP contribution in [0.4, 0.5) is 16.2 Å². The van der Waals surface area contributed by atoms with Crippen LogP contribution in [0.3, 0.4) is 0 Å². The molecule has 0 aliphatic carbocycles. The first-order valence-electron chi connectivity index (χ1n) is 5.08. The van der Waals surface area contributed by atoms with E-state index in [2.05, 4.69) is 20.6 Å². The molecule has 0 aliphatic heterocycles. The average molecular weight is 228 g/mol. The maximum Gasteiger partial charge on any atom is 0.224 e. The van der Waals surface area contributed by atoms with Gasteiger partial charge in [0.05, 0.1) is 6.20 Å². The van der Waals surface area contributed by atoms with Crippen molar-refractivity contribution in [3.05, 3.63) is 12.0 Å². The molecule has 1 aromatic rings. The second-order valence-corrected chi connectivity index (χ2v) is 4.12. The van der Waals surface area contributed by atoms with Crippen molar-refractivity contribution >= 4 is 11.8 Å². The third-order valence-corrected chi connectivity index (χ3v) is 2.16. The molecule has 3 N–H and O–H groups in total. The van der Waals surface area contributed by atoms with Crippen LogP contribution in [0, 0.1) is 5.82 Å². The number of aliphatic hydroxyl groups is 1. The van der Waals surface area contributed by atoms with Crippen LogP contribution < -0.4 is 10.6 Å². The zero-order valence-electron chi connectivity index (χ0n) is 9.71. The Labute approximate surface area is 94.1 Å². The summed E-state index contributed by atoms with van der Waals surface area (Å²) in [5.74, 6) is -0.0217. The van der Waals surface area contributed by atoms with Gasteiger partial charge in [-0.05, 0) is 20.3 Å². The summed E-state index contributed by atoms with van der Waals surface area (Å²) in [6, 6.07) is 0. The highest BCUT2D eigenvalue weighted by atomic mass is 19.1. The quantitative estimate of drug-likeness (QED) is 0.707. The van der Waals surface area contributed by atoms with E-state index in [0.29, 0.717) is 12.4 Å². The molecule has 16 heavy (non-hydrogen) atoms. The van der Waals surface area contributed by atoms with Gasteiger partial charge in [0.25, 0.3) is 0 Å². The minimum absolute atomic E-state index is 0.0333. The van der Waals surface area contributed by atoms with Crippen LogP contribution in [-0.2, 0) is 0 Å². The topological polar surface area (TPSA) is 70.1 Å². The van der Waals surface area contributed by atoms with Crippen molar-refractivity contribution in [1.82, 2.24) is 9.97 Å². The highest BCUT2D eigenvalue weighted by molar-refractivity contribution is 5.42. The molecule has 0 radical (unpaired) electrons. The molecule has 0 fully saturated rings. The average Bonchev–Trinajstić information content (AvgIpc) is 2.21. The van der Waals surface area contributed by atoms with Gasteiger partial charge < -0.3 is 15.7 Å². The lowest BCUT2D eigenvalue weighted by Gasteiger charge is -2.26. The summed E-state index contributed by atoms with van der Waals surface area (Å²) in [4.78, 5) is 7.72. The number of halogens is 1. The zero-order valence-corrected chi connectivity index (χ0v) is 9.71. The standard InChI is InChI=1S/C10H17FN4O/c1-10(2,4-5-16)15-8-7(11)6-13-9(12-3)14-8/h6,16H,4-5H2,1-3H3,(H2,12,13,14,15). The molecule has 0 saturated carbocycles. The predicted molar refractivity (Wildman–Crippen MR) is 60.9 cm³/mol. The number of rotatable bonds is 5. The molecule has 0 bridgehead atoms. The minimum atomic E-state index is -0.509. The van der Waals surface area contributed by atoms with Gasteiger partial charge >= 0.3 is 0 Å². The first kappa shape index (κ1) is 12.6. The normalized spacial score (nSPS) is 11.3. The Morgan fingerprint density at radius 1 is 1.50 bits per heavy atom. The van der Waals surface area contributed by atoms with Crippen LogP contribution in [0.2, 0.25) is 0 Å². The molecule has 0 saturated heterocycles. The van der Waals surface area contributed by atoms with E-state index in [-0.39, 0.29) is 12.4 Å². The van der Waals surface area contributed by atoms with Crippen molar-refractivity contribution in [1.29, 1.82) is 0 Å². The molecule has 0 aromatic carbocycles. The minimum Gasteiger partial charge on any atom is -0.396 e.